The topological polar surface area (TPSA) is 94.5 Å². The number of carbonyl (C=O) groups excluding carboxylic acids is 2. The van der Waals surface area contributed by atoms with Gasteiger partial charge in [0.05, 0.1) is 6.04 Å². The smallest absolute Gasteiger partial charge is 0.317 e. The van der Waals surface area contributed by atoms with Crippen molar-refractivity contribution in [1.29, 1.82) is 0 Å². The Bertz CT molecular complexity index is 816. The van der Waals surface area contributed by atoms with Crippen molar-refractivity contribution in [2.45, 2.75) is 45.3 Å². The summed E-state index contributed by atoms with van der Waals surface area (Å²) in [6, 6.07) is 7.39. The number of hydrogen-bond acceptors (Lipinski definition) is 3. The van der Waals surface area contributed by atoms with Gasteiger partial charge in [-0.15, -0.1) is 0 Å². The maximum atomic E-state index is 12.8. The summed E-state index contributed by atoms with van der Waals surface area (Å²) in [4.78, 5) is 31.9. The summed E-state index contributed by atoms with van der Waals surface area (Å²) in [5, 5.41) is 4.01. The number of nitrogens with zero attached hydrogens (tertiary/aromatic N) is 2. The molecule has 1 aliphatic rings. The third kappa shape index (κ3) is 4.24. The fraction of sp³-hybridized carbons (Fsp3) is 0.500. The molecule has 2 unspecified atom stereocenters. The lowest BCUT2D eigenvalue weighted by molar-refractivity contribution is -0.134. The van der Waals surface area contributed by atoms with E-state index in [0.29, 0.717) is 26.1 Å². The van der Waals surface area contributed by atoms with Crippen molar-refractivity contribution >= 4 is 22.8 Å². The highest BCUT2D eigenvalue weighted by atomic mass is 16.2. The Kier molecular flexibility index (Phi) is 5.70. The fourth-order valence-corrected chi connectivity index (χ4v) is 3.65. The van der Waals surface area contributed by atoms with Gasteiger partial charge in [0.1, 0.15) is 0 Å². The van der Waals surface area contributed by atoms with Crippen LogP contribution in [0.3, 0.4) is 0 Å². The molecule has 27 heavy (non-hydrogen) atoms. The second kappa shape index (κ2) is 8.00. The minimum absolute atomic E-state index is 0.0401. The van der Waals surface area contributed by atoms with Gasteiger partial charge >= 0.3 is 6.03 Å². The average molecular weight is 371 g/mol. The minimum Gasteiger partial charge on any atom is -0.361 e. The van der Waals surface area contributed by atoms with E-state index >= 15 is 0 Å². The second-order valence-corrected chi connectivity index (χ2v) is 7.60. The van der Waals surface area contributed by atoms with Crippen LogP contribution in [0.2, 0.25) is 0 Å². The largest absolute Gasteiger partial charge is 0.361 e. The van der Waals surface area contributed by atoms with Gasteiger partial charge in [0, 0.05) is 48.8 Å². The van der Waals surface area contributed by atoms with Crippen LogP contribution >= 0.6 is 0 Å². The predicted octanol–water partition coefficient (Wildman–Crippen LogP) is 1.69. The number of hydrogen-bond donors (Lipinski definition) is 3. The minimum atomic E-state index is -0.590. The van der Waals surface area contributed by atoms with Crippen LogP contribution in [0.5, 0.6) is 0 Å². The van der Waals surface area contributed by atoms with E-state index in [1.165, 1.54) is 0 Å². The number of urea groups is 1. The van der Waals surface area contributed by atoms with E-state index in [9.17, 15) is 9.59 Å². The summed E-state index contributed by atoms with van der Waals surface area (Å²) in [7, 11) is 0. The molecule has 4 N–H and O–H groups in total. The van der Waals surface area contributed by atoms with Crippen LogP contribution < -0.4 is 11.1 Å². The molecule has 0 spiro atoms. The zero-order chi connectivity index (χ0) is 19.6. The normalized spacial score (nSPS) is 18.8. The lowest BCUT2D eigenvalue weighted by Gasteiger charge is -2.40. The second-order valence-electron chi connectivity index (χ2n) is 7.60. The molecule has 7 heteroatoms. The van der Waals surface area contributed by atoms with E-state index in [1.807, 2.05) is 51.2 Å². The van der Waals surface area contributed by atoms with Crippen molar-refractivity contribution in [2.75, 3.05) is 19.6 Å². The Morgan fingerprint density at radius 2 is 2.04 bits per heavy atom. The van der Waals surface area contributed by atoms with Crippen LogP contribution in [0.15, 0.2) is 30.5 Å². The van der Waals surface area contributed by atoms with E-state index < -0.39 is 6.04 Å². The van der Waals surface area contributed by atoms with E-state index in [1.54, 1.807) is 9.80 Å². The predicted molar refractivity (Wildman–Crippen MR) is 106 cm³/mol. The average Bonchev–Trinajstić information content (AvgIpc) is 3.03. The molecule has 7 nitrogen and oxygen atoms in total. The molecule has 0 radical (unpaired) electrons. The summed E-state index contributed by atoms with van der Waals surface area (Å²) >= 11 is 0. The molecule has 3 rings (SSSR count). The molecular weight excluding hydrogens is 342 g/mol. The van der Waals surface area contributed by atoms with Gasteiger partial charge in [-0.1, -0.05) is 18.2 Å². The molecular formula is C20H29N5O2. The number of H-pyrrole nitrogens is 1. The SMILES string of the molecule is CC(C)NC(=O)N1CCN(C(=O)C(N)Cc2c[nH]c3ccccc23)CC1C. The molecule has 0 saturated carbocycles. The quantitative estimate of drug-likeness (QED) is 0.763. The summed E-state index contributed by atoms with van der Waals surface area (Å²) < 4.78 is 0. The molecule has 1 aromatic carbocycles. The van der Waals surface area contributed by atoms with Crippen molar-refractivity contribution in [3.8, 4) is 0 Å². The zero-order valence-corrected chi connectivity index (χ0v) is 16.2. The molecule has 2 heterocycles. The molecule has 1 fully saturated rings. The number of nitrogens with one attached hydrogen (secondary N) is 2. The van der Waals surface area contributed by atoms with Crippen LogP contribution in [0.4, 0.5) is 4.79 Å². The number of fused-ring (bicyclic) bond motifs is 1. The molecule has 0 aliphatic carbocycles. The Labute approximate surface area is 159 Å². The monoisotopic (exact) mass is 371 g/mol. The first kappa shape index (κ1) is 19.2. The first-order valence-corrected chi connectivity index (χ1v) is 9.53. The maximum absolute atomic E-state index is 12.8. The lowest BCUT2D eigenvalue weighted by atomic mass is 10.0. The van der Waals surface area contributed by atoms with Crippen LogP contribution in [0, 0.1) is 0 Å². The van der Waals surface area contributed by atoms with Crippen LogP contribution in [-0.4, -0.2) is 64.5 Å². The molecule has 1 saturated heterocycles. The van der Waals surface area contributed by atoms with Crippen molar-refractivity contribution in [1.82, 2.24) is 20.1 Å². The molecule has 2 aromatic rings. The third-order valence-electron chi connectivity index (χ3n) is 5.04. The van der Waals surface area contributed by atoms with Gasteiger partial charge in [0.2, 0.25) is 5.91 Å². The maximum Gasteiger partial charge on any atom is 0.317 e. The summed E-state index contributed by atoms with van der Waals surface area (Å²) in [5.74, 6) is -0.0592. The van der Waals surface area contributed by atoms with Crippen molar-refractivity contribution in [3.63, 3.8) is 0 Å². The van der Waals surface area contributed by atoms with E-state index in [-0.39, 0.29) is 24.0 Å². The van der Waals surface area contributed by atoms with Gasteiger partial charge in [-0.05, 0) is 38.8 Å². The first-order chi connectivity index (χ1) is 12.9. The van der Waals surface area contributed by atoms with Gasteiger partial charge in [0.25, 0.3) is 0 Å². The number of carbonyl (C=O) groups is 2. The number of rotatable bonds is 4. The number of aromatic nitrogens is 1. The number of amides is 3. The fourth-order valence-electron chi connectivity index (χ4n) is 3.65. The Balaban J connectivity index is 1.60. The van der Waals surface area contributed by atoms with Crippen molar-refractivity contribution < 1.29 is 9.59 Å². The number of piperazine rings is 1. The molecule has 146 valence electrons. The molecule has 0 bridgehead atoms. The van der Waals surface area contributed by atoms with E-state index in [0.717, 1.165) is 16.5 Å². The Hall–Kier alpha value is -2.54. The van der Waals surface area contributed by atoms with Crippen LogP contribution in [0.25, 0.3) is 10.9 Å². The van der Waals surface area contributed by atoms with Gasteiger partial charge < -0.3 is 25.8 Å². The molecule has 3 amide bonds. The van der Waals surface area contributed by atoms with E-state index in [4.69, 9.17) is 5.73 Å². The highest BCUT2D eigenvalue weighted by Gasteiger charge is 2.32. The summed E-state index contributed by atoms with van der Waals surface area (Å²) in [6.07, 6.45) is 2.42. The number of benzene rings is 1. The Morgan fingerprint density at radius 1 is 1.30 bits per heavy atom. The number of nitrogens with two attached hydrogens (primary N) is 1. The first-order valence-electron chi connectivity index (χ1n) is 9.53. The number of aromatic amines is 1. The van der Waals surface area contributed by atoms with Crippen molar-refractivity contribution in [3.05, 3.63) is 36.0 Å². The number of para-hydroxylation sites is 1. The van der Waals surface area contributed by atoms with Crippen LogP contribution in [-0.2, 0) is 11.2 Å². The van der Waals surface area contributed by atoms with Gasteiger partial charge in [-0.25, -0.2) is 4.79 Å². The van der Waals surface area contributed by atoms with Crippen LogP contribution in [0.1, 0.15) is 26.3 Å². The van der Waals surface area contributed by atoms with Gasteiger partial charge in [-0.3, -0.25) is 4.79 Å². The highest BCUT2D eigenvalue weighted by molar-refractivity contribution is 5.86. The summed E-state index contributed by atoms with van der Waals surface area (Å²) in [5.41, 5.74) is 8.34. The highest BCUT2D eigenvalue weighted by Crippen LogP contribution is 2.19. The van der Waals surface area contributed by atoms with Gasteiger partial charge in [0.15, 0.2) is 0 Å². The molecule has 2 atom stereocenters. The van der Waals surface area contributed by atoms with Crippen molar-refractivity contribution in [2.24, 2.45) is 5.73 Å². The molecule has 1 aliphatic heterocycles. The Morgan fingerprint density at radius 3 is 2.74 bits per heavy atom. The summed E-state index contributed by atoms with van der Waals surface area (Å²) in [6.45, 7) is 7.37. The third-order valence-corrected chi connectivity index (χ3v) is 5.04. The zero-order valence-electron chi connectivity index (χ0n) is 16.2. The van der Waals surface area contributed by atoms with Gasteiger partial charge in [-0.2, -0.15) is 0 Å². The lowest BCUT2D eigenvalue weighted by Crippen LogP contribution is -2.60. The van der Waals surface area contributed by atoms with E-state index in [2.05, 4.69) is 10.3 Å². The molecule has 1 aromatic heterocycles. The standard InChI is InChI=1S/C20H29N5O2/c1-13(2)23-20(27)25-9-8-24(12-14(25)3)19(26)17(21)10-15-11-22-18-7-5-4-6-16(15)18/h4-7,11,13-14,17,22H,8-10,12,21H2,1-3H3,(H,23,27).